The second-order valence-electron chi connectivity index (χ2n) is 3.77. The van der Waals surface area contributed by atoms with Crippen molar-refractivity contribution in [3.05, 3.63) is 28.9 Å². The second kappa shape index (κ2) is 6.24. The number of carbonyl (C=O) groups is 1. The fourth-order valence-electron chi connectivity index (χ4n) is 1.44. The second-order valence-corrected chi connectivity index (χ2v) is 4.83. The molecule has 0 spiro atoms. The zero-order valence-electron chi connectivity index (χ0n) is 10.7. The molecule has 0 radical (unpaired) electrons. The van der Waals surface area contributed by atoms with Crippen LogP contribution in [0.25, 0.3) is 0 Å². The van der Waals surface area contributed by atoms with Crippen LogP contribution in [-0.4, -0.2) is 28.2 Å². The summed E-state index contributed by atoms with van der Waals surface area (Å²) in [6.07, 6.45) is 1.87. The molecular formula is C12H14N4O2S. The lowest BCUT2D eigenvalue weighted by Gasteiger charge is -2.02. The summed E-state index contributed by atoms with van der Waals surface area (Å²) in [4.78, 5) is 16.0. The van der Waals surface area contributed by atoms with Crippen LogP contribution in [0, 0.1) is 0 Å². The maximum Gasteiger partial charge on any atom is 0.276 e. The van der Waals surface area contributed by atoms with Gasteiger partial charge in [0.05, 0.1) is 7.11 Å². The normalized spacial score (nSPS) is 10.2. The average Bonchev–Trinajstić information content (AvgIpc) is 2.86. The van der Waals surface area contributed by atoms with Gasteiger partial charge in [0.1, 0.15) is 10.7 Å². The minimum absolute atomic E-state index is 0.284. The van der Waals surface area contributed by atoms with Gasteiger partial charge in [0.2, 0.25) is 11.0 Å². The molecule has 2 aromatic heterocycles. The highest BCUT2D eigenvalue weighted by atomic mass is 32.1. The van der Waals surface area contributed by atoms with E-state index in [1.807, 2.05) is 0 Å². The number of anilines is 1. The zero-order valence-corrected chi connectivity index (χ0v) is 11.5. The summed E-state index contributed by atoms with van der Waals surface area (Å²) < 4.78 is 4.97. The lowest BCUT2D eigenvalue weighted by molar-refractivity contribution is 0.102. The number of aryl methyl sites for hydroxylation is 1. The SMILES string of the molecule is CCCc1nnc(NC(=O)c2cccc(OC)n2)s1. The molecule has 2 aromatic rings. The molecular weight excluding hydrogens is 264 g/mol. The molecule has 0 bridgehead atoms. The van der Waals surface area contributed by atoms with Gasteiger partial charge in [-0.05, 0) is 12.5 Å². The first kappa shape index (κ1) is 13.4. The number of aromatic nitrogens is 3. The van der Waals surface area contributed by atoms with Gasteiger partial charge in [-0.2, -0.15) is 0 Å². The first-order valence-corrected chi connectivity index (χ1v) is 6.69. The van der Waals surface area contributed by atoms with Gasteiger partial charge in [0.25, 0.3) is 5.91 Å². The maximum absolute atomic E-state index is 12.0. The van der Waals surface area contributed by atoms with Crippen molar-refractivity contribution in [2.75, 3.05) is 12.4 Å². The van der Waals surface area contributed by atoms with E-state index in [2.05, 4.69) is 27.4 Å². The molecule has 7 heteroatoms. The van der Waals surface area contributed by atoms with Gasteiger partial charge < -0.3 is 4.74 Å². The Morgan fingerprint density at radius 2 is 2.26 bits per heavy atom. The Balaban J connectivity index is 2.06. The van der Waals surface area contributed by atoms with E-state index in [-0.39, 0.29) is 11.6 Å². The van der Waals surface area contributed by atoms with E-state index in [1.165, 1.54) is 18.4 Å². The van der Waals surface area contributed by atoms with Crippen molar-refractivity contribution in [1.82, 2.24) is 15.2 Å². The van der Waals surface area contributed by atoms with Crippen LogP contribution in [0.1, 0.15) is 28.8 Å². The monoisotopic (exact) mass is 278 g/mol. The summed E-state index contributed by atoms with van der Waals surface area (Å²) in [6, 6.07) is 5.01. The first-order chi connectivity index (χ1) is 9.22. The van der Waals surface area contributed by atoms with E-state index in [9.17, 15) is 4.79 Å². The molecule has 1 N–H and O–H groups in total. The summed E-state index contributed by atoms with van der Waals surface area (Å²) in [5.74, 6) is 0.0784. The van der Waals surface area contributed by atoms with Crippen molar-refractivity contribution < 1.29 is 9.53 Å². The molecule has 0 aliphatic heterocycles. The number of pyridine rings is 1. The van der Waals surface area contributed by atoms with Gasteiger partial charge in [-0.1, -0.05) is 24.3 Å². The van der Waals surface area contributed by atoms with Gasteiger partial charge in [-0.25, -0.2) is 4.98 Å². The molecule has 100 valence electrons. The van der Waals surface area contributed by atoms with Crippen LogP contribution in [-0.2, 0) is 6.42 Å². The highest BCUT2D eigenvalue weighted by Gasteiger charge is 2.11. The molecule has 0 atom stereocenters. The van der Waals surface area contributed by atoms with Crippen molar-refractivity contribution in [2.45, 2.75) is 19.8 Å². The van der Waals surface area contributed by atoms with Crippen LogP contribution in [0.4, 0.5) is 5.13 Å². The molecule has 0 saturated heterocycles. The topological polar surface area (TPSA) is 77.0 Å². The molecule has 1 amide bonds. The maximum atomic E-state index is 12.0. The van der Waals surface area contributed by atoms with Gasteiger partial charge in [0.15, 0.2) is 0 Å². The molecule has 2 heterocycles. The van der Waals surface area contributed by atoms with E-state index >= 15 is 0 Å². The number of methoxy groups -OCH3 is 1. The third kappa shape index (κ3) is 3.47. The van der Waals surface area contributed by atoms with E-state index in [1.54, 1.807) is 18.2 Å². The summed E-state index contributed by atoms with van der Waals surface area (Å²) in [7, 11) is 1.51. The number of nitrogens with zero attached hydrogens (tertiary/aromatic N) is 3. The predicted molar refractivity (Wildman–Crippen MR) is 72.6 cm³/mol. The summed E-state index contributed by atoms with van der Waals surface area (Å²) in [6.45, 7) is 2.07. The summed E-state index contributed by atoms with van der Waals surface area (Å²) in [5, 5.41) is 12.0. The fourth-order valence-corrected chi connectivity index (χ4v) is 2.27. The molecule has 0 unspecified atom stereocenters. The first-order valence-electron chi connectivity index (χ1n) is 5.87. The number of hydrogen-bond acceptors (Lipinski definition) is 6. The van der Waals surface area contributed by atoms with Crippen molar-refractivity contribution >= 4 is 22.4 Å². The Bertz CT molecular complexity index is 570. The highest BCUT2D eigenvalue weighted by molar-refractivity contribution is 7.15. The molecule has 0 saturated carbocycles. The van der Waals surface area contributed by atoms with Crippen molar-refractivity contribution in [2.24, 2.45) is 0 Å². The van der Waals surface area contributed by atoms with E-state index in [4.69, 9.17) is 4.74 Å². The minimum atomic E-state index is -0.321. The smallest absolute Gasteiger partial charge is 0.276 e. The molecule has 0 aliphatic rings. The van der Waals surface area contributed by atoms with Crippen molar-refractivity contribution in [1.29, 1.82) is 0 Å². The van der Waals surface area contributed by atoms with Gasteiger partial charge in [-0.3, -0.25) is 10.1 Å². The van der Waals surface area contributed by atoms with E-state index in [0.29, 0.717) is 11.0 Å². The van der Waals surface area contributed by atoms with Gasteiger partial charge in [0, 0.05) is 12.5 Å². The quantitative estimate of drug-likeness (QED) is 0.906. The Hall–Kier alpha value is -2.02. The molecule has 0 aliphatic carbocycles. The molecule has 0 aromatic carbocycles. The van der Waals surface area contributed by atoms with Crippen LogP contribution < -0.4 is 10.1 Å². The number of hydrogen-bond donors (Lipinski definition) is 1. The van der Waals surface area contributed by atoms with Crippen LogP contribution >= 0.6 is 11.3 Å². The van der Waals surface area contributed by atoms with Gasteiger partial charge in [-0.15, -0.1) is 10.2 Å². The average molecular weight is 278 g/mol. The van der Waals surface area contributed by atoms with Crippen LogP contribution in [0.5, 0.6) is 5.88 Å². The summed E-state index contributed by atoms with van der Waals surface area (Å²) in [5.41, 5.74) is 0.284. The Labute approximate surface area is 114 Å². The molecule has 2 rings (SSSR count). The molecule has 19 heavy (non-hydrogen) atoms. The Kier molecular flexibility index (Phi) is 4.40. The lowest BCUT2D eigenvalue weighted by Crippen LogP contribution is -2.13. The largest absolute Gasteiger partial charge is 0.481 e. The van der Waals surface area contributed by atoms with Crippen LogP contribution in [0.3, 0.4) is 0 Å². The number of ether oxygens (including phenoxy) is 1. The predicted octanol–water partition coefficient (Wildman–Crippen LogP) is 2.15. The van der Waals surface area contributed by atoms with Crippen LogP contribution in [0.15, 0.2) is 18.2 Å². The van der Waals surface area contributed by atoms with Crippen LogP contribution in [0.2, 0.25) is 0 Å². The number of nitrogens with one attached hydrogen (secondary N) is 1. The molecule has 6 nitrogen and oxygen atoms in total. The van der Waals surface area contributed by atoms with Gasteiger partial charge >= 0.3 is 0 Å². The number of carbonyl (C=O) groups excluding carboxylic acids is 1. The highest BCUT2D eigenvalue weighted by Crippen LogP contribution is 2.17. The third-order valence-electron chi connectivity index (χ3n) is 2.32. The van der Waals surface area contributed by atoms with E-state index < -0.39 is 0 Å². The zero-order chi connectivity index (χ0) is 13.7. The number of amides is 1. The van der Waals surface area contributed by atoms with Crippen molar-refractivity contribution in [3.63, 3.8) is 0 Å². The minimum Gasteiger partial charge on any atom is -0.481 e. The Morgan fingerprint density at radius 3 is 3.00 bits per heavy atom. The molecule has 0 fully saturated rings. The Morgan fingerprint density at radius 1 is 1.42 bits per heavy atom. The third-order valence-corrected chi connectivity index (χ3v) is 3.21. The lowest BCUT2D eigenvalue weighted by atomic mass is 10.3. The van der Waals surface area contributed by atoms with Crippen molar-refractivity contribution in [3.8, 4) is 5.88 Å². The number of rotatable bonds is 5. The van der Waals surface area contributed by atoms with E-state index in [0.717, 1.165) is 17.8 Å². The summed E-state index contributed by atoms with van der Waals surface area (Å²) >= 11 is 1.38. The fraction of sp³-hybridized carbons (Fsp3) is 0.333. The standard InChI is InChI=1S/C12H14N4O2S/c1-3-5-10-15-16-12(19-10)14-11(17)8-6-4-7-9(13-8)18-2/h4,6-7H,3,5H2,1-2H3,(H,14,16,17).